The van der Waals surface area contributed by atoms with Crippen molar-refractivity contribution in [2.24, 2.45) is 5.92 Å². The second-order valence-corrected chi connectivity index (χ2v) is 7.25. The molecule has 2 saturated heterocycles. The maximum Gasteiger partial charge on any atom is 0.338 e. The normalized spacial score (nSPS) is 30.7. The molecule has 3 aliphatic rings. The van der Waals surface area contributed by atoms with Crippen molar-refractivity contribution in [3.8, 4) is 0 Å². The molecule has 22 heavy (non-hydrogen) atoms. The third-order valence-corrected chi connectivity index (χ3v) is 5.77. The fourth-order valence-corrected chi connectivity index (χ4v) is 4.19. The molecule has 1 aliphatic carbocycles. The van der Waals surface area contributed by atoms with Crippen LogP contribution in [-0.2, 0) is 14.3 Å². The van der Waals surface area contributed by atoms with E-state index in [1.807, 2.05) is 0 Å². The Morgan fingerprint density at radius 3 is 2.45 bits per heavy atom. The highest BCUT2D eigenvalue weighted by molar-refractivity contribution is 5.79. The number of rotatable bonds is 3. The summed E-state index contributed by atoms with van der Waals surface area (Å²) in [5.41, 5.74) is -1.31. The Morgan fingerprint density at radius 1 is 1.18 bits per heavy atom. The second-order valence-electron chi connectivity index (χ2n) is 7.25. The number of quaternary nitrogens is 1. The van der Waals surface area contributed by atoms with Crippen LogP contribution >= 0.6 is 0 Å². The van der Waals surface area contributed by atoms with Gasteiger partial charge in [0.25, 0.3) is 0 Å². The molecule has 0 aromatic carbocycles. The maximum absolute atomic E-state index is 12.4. The summed E-state index contributed by atoms with van der Waals surface area (Å²) in [7, 11) is 0. The highest BCUT2D eigenvalue weighted by atomic mass is 35.5. The van der Waals surface area contributed by atoms with Crippen molar-refractivity contribution >= 4 is 5.97 Å². The van der Waals surface area contributed by atoms with Gasteiger partial charge in [0.05, 0.1) is 19.8 Å². The molecule has 1 spiro atoms. The van der Waals surface area contributed by atoms with E-state index in [9.17, 15) is 9.90 Å². The lowest BCUT2D eigenvalue weighted by molar-refractivity contribution is -0.925. The molecule has 1 saturated carbocycles. The largest absolute Gasteiger partial charge is 1.00 e. The predicted octanol–water partition coefficient (Wildman–Crippen LogP) is -1.91. The van der Waals surface area contributed by atoms with Crippen molar-refractivity contribution in [2.75, 3.05) is 39.4 Å². The highest BCUT2D eigenvalue weighted by Gasteiger charge is 2.46. The minimum atomic E-state index is -1.31. The van der Waals surface area contributed by atoms with Gasteiger partial charge in [-0.05, 0) is 25.7 Å². The maximum atomic E-state index is 12.4. The van der Waals surface area contributed by atoms with Crippen LogP contribution in [0.4, 0.5) is 0 Å². The van der Waals surface area contributed by atoms with Crippen molar-refractivity contribution in [3.63, 3.8) is 0 Å². The van der Waals surface area contributed by atoms with E-state index in [1.54, 1.807) is 6.92 Å². The number of nitrogens with zero attached hydrogens (tertiary/aromatic N) is 1. The average molecular weight is 334 g/mol. The van der Waals surface area contributed by atoms with Crippen LogP contribution in [0.3, 0.4) is 0 Å². The molecule has 6 heteroatoms. The Hall–Kier alpha value is -0.360. The van der Waals surface area contributed by atoms with Gasteiger partial charge in [0, 0.05) is 6.42 Å². The van der Waals surface area contributed by atoms with Crippen molar-refractivity contribution < 1.29 is 36.3 Å². The minimum absolute atomic E-state index is 0. The molecule has 0 aromatic rings. The number of carbonyl (C=O) groups excluding carboxylic acids is 1. The molecule has 3 fully saturated rings. The Balaban J connectivity index is 0.00000176. The van der Waals surface area contributed by atoms with E-state index in [2.05, 4.69) is 0 Å². The van der Waals surface area contributed by atoms with E-state index in [4.69, 9.17) is 9.47 Å². The number of carbonyl (C=O) groups is 1. The molecule has 2 unspecified atom stereocenters. The molecule has 2 atom stereocenters. The molecule has 128 valence electrons. The van der Waals surface area contributed by atoms with Crippen LogP contribution in [-0.4, -0.2) is 66.7 Å². The van der Waals surface area contributed by atoms with Crippen molar-refractivity contribution in [1.29, 1.82) is 0 Å². The zero-order chi connectivity index (χ0) is 14.9. The third kappa shape index (κ3) is 3.58. The molecule has 0 radical (unpaired) electrons. The summed E-state index contributed by atoms with van der Waals surface area (Å²) in [5, 5.41) is 10.5. The Labute approximate surface area is 139 Å². The summed E-state index contributed by atoms with van der Waals surface area (Å²) < 4.78 is 12.1. The minimum Gasteiger partial charge on any atom is -1.00 e. The number of morpholine rings is 1. The monoisotopic (exact) mass is 333 g/mol. The average Bonchev–Trinajstić information content (AvgIpc) is 3.11. The molecular weight excluding hydrogens is 306 g/mol. The van der Waals surface area contributed by atoms with E-state index in [0.717, 1.165) is 76.0 Å². The molecule has 2 heterocycles. The van der Waals surface area contributed by atoms with Gasteiger partial charge in [-0.25, -0.2) is 4.79 Å². The molecule has 1 N–H and O–H groups in total. The fourth-order valence-electron chi connectivity index (χ4n) is 4.19. The summed E-state index contributed by atoms with van der Waals surface area (Å²) in [4.78, 5) is 12.4. The zero-order valence-corrected chi connectivity index (χ0v) is 14.2. The number of halogens is 1. The molecular formula is C16H28ClNO4. The second kappa shape index (κ2) is 7.04. The van der Waals surface area contributed by atoms with Gasteiger partial charge in [-0.1, -0.05) is 12.8 Å². The smallest absolute Gasteiger partial charge is 0.338 e. The molecule has 2 aliphatic heterocycles. The van der Waals surface area contributed by atoms with Gasteiger partial charge >= 0.3 is 5.97 Å². The van der Waals surface area contributed by atoms with Crippen LogP contribution in [0.15, 0.2) is 0 Å². The molecule has 3 rings (SSSR count). The summed E-state index contributed by atoms with van der Waals surface area (Å²) >= 11 is 0. The van der Waals surface area contributed by atoms with Crippen LogP contribution < -0.4 is 12.4 Å². The first-order valence-corrected chi connectivity index (χ1v) is 8.38. The van der Waals surface area contributed by atoms with Crippen LogP contribution in [0.25, 0.3) is 0 Å². The van der Waals surface area contributed by atoms with E-state index in [-0.39, 0.29) is 24.4 Å². The van der Waals surface area contributed by atoms with Gasteiger partial charge in [0.15, 0.2) is 11.7 Å². The van der Waals surface area contributed by atoms with E-state index >= 15 is 0 Å². The third-order valence-electron chi connectivity index (χ3n) is 5.77. The Kier molecular flexibility index (Phi) is 5.75. The van der Waals surface area contributed by atoms with Gasteiger partial charge < -0.3 is 31.5 Å². The van der Waals surface area contributed by atoms with Crippen LogP contribution in [0.2, 0.25) is 0 Å². The highest BCUT2D eigenvalue weighted by Crippen LogP contribution is 2.35. The lowest BCUT2D eigenvalue weighted by Gasteiger charge is -2.37. The quantitative estimate of drug-likeness (QED) is 0.484. The summed E-state index contributed by atoms with van der Waals surface area (Å²) in [6.07, 6.45) is 4.96. The summed E-state index contributed by atoms with van der Waals surface area (Å²) in [6, 6.07) is 0. The topological polar surface area (TPSA) is 55.8 Å². The lowest BCUT2D eigenvalue weighted by atomic mass is 9.88. The number of ether oxygens (including phenoxy) is 2. The standard InChI is InChI=1S/C16H28NO4.ClH/c1-16(19,13-4-2-3-5-13)15(18)21-14-6-7-17(12-14)8-10-20-11-9-17;/h13-14,19H,2-12H2,1H3;1H/q+1;/p-1. The van der Waals surface area contributed by atoms with E-state index < -0.39 is 11.6 Å². The SMILES string of the molecule is CC(O)(C(=O)OC1CC[N+]2(CCOCC2)C1)C1CCCC1.[Cl-]. The molecule has 0 aromatic heterocycles. The van der Waals surface area contributed by atoms with Crippen LogP contribution in [0.1, 0.15) is 39.0 Å². The van der Waals surface area contributed by atoms with Crippen LogP contribution in [0.5, 0.6) is 0 Å². The molecule has 0 bridgehead atoms. The first kappa shape index (κ1) is 18.0. The number of hydrogen-bond acceptors (Lipinski definition) is 4. The number of esters is 1. The van der Waals surface area contributed by atoms with E-state index in [1.165, 1.54) is 0 Å². The number of aliphatic hydroxyl groups is 1. The molecule has 5 nitrogen and oxygen atoms in total. The van der Waals surface area contributed by atoms with Gasteiger partial charge in [0.2, 0.25) is 0 Å². The van der Waals surface area contributed by atoms with Gasteiger partial charge in [-0.2, -0.15) is 0 Å². The van der Waals surface area contributed by atoms with E-state index in [0.29, 0.717) is 0 Å². The van der Waals surface area contributed by atoms with Gasteiger partial charge in [-0.15, -0.1) is 0 Å². The number of hydrogen-bond donors (Lipinski definition) is 1. The van der Waals surface area contributed by atoms with Crippen molar-refractivity contribution in [3.05, 3.63) is 0 Å². The molecule has 0 amide bonds. The first-order chi connectivity index (χ1) is 10.0. The first-order valence-electron chi connectivity index (χ1n) is 8.38. The zero-order valence-electron chi connectivity index (χ0n) is 13.4. The van der Waals surface area contributed by atoms with Gasteiger partial charge in [-0.3, -0.25) is 0 Å². The summed E-state index contributed by atoms with van der Waals surface area (Å²) in [6.45, 7) is 7.24. The van der Waals surface area contributed by atoms with Crippen molar-refractivity contribution in [2.45, 2.75) is 50.7 Å². The van der Waals surface area contributed by atoms with Crippen LogP contribution in [0, 0.1) is 5.92 Å². The Bertz CT molecular complexity index is 390. The predicted molar refractivity (Wildman–Crippen MR) is 77.6 cm³/mol. The summed E-state index contributed by atoms with van der Waals surface area (Å²) in [5.74, 6) is -0.342. The Morgan fingerprint density at radius 2 is 1.82 bits per heavy atom. The lowest BCUT2D eigenvalue weighted by Crippen LogP contribution is -3.00. The van der Waals surface area contributed by atoms with Crippen molar-refractivity contribution in [1.82, 2.24) is 0 Å². The fraction of sp³-hybridized carbons (Fsp3) is 0.938. The van der Waals surface area contributed by atoms with Gasteiger partial charge in [0.1, 0.15) is 19.6 Å².